The largest absolute Gasteiger partial charge is 0.481 e. The van der Waals surface area contributed by atoms with Gasteiger partial charge in [-0.05, 0) is 48.7 Å². The van der Waals surface area contributed by atoms with E-state index in [9.17, 15) is 19.5 Å². The van der Waals surface area contributed by atoms with E-state index in [0.29, 0.717) is 42.0 Å². The molecular formula is C22H22ClN3O4. The van der Waals surface area contributed by atoms with Crippen LogP contribution in [0.15, 0.2) is 58.1 Å². The van der Waals surface area contributed by atoms with Gasteiger partial charge in [0.1, 0.15) is 0 Å². The molecule has 30 heavy (non-hydrogen) atoms. The molecule has 1 saturated heterocycles. The summed E-state index contributed by atoms with van der Waals surface area (Å²) in [6, 6.07) is 14.2. The lowest BCUT2D eigenvalue weighted by Crippen LogP contribution is -2.46. The molecule has 0 radical (unpaired) electrons. The number of para-hydroxylation sites is 1. The van der Waals surface area contributed by atoms with Gasteiger partial charge in [-0.2, -0.15) is 0 Å². The topological polar surface area (TPSA) is 95.4 Å². The number of nitrogens with zero attached hydrogens (tertiary/aromatic N) is 2. The lowest BCUT2D eigenvalue weighted by atomic mass is 9.80. The molecule has 4 rings (SSSR count). The number of fused-ring (bicyclic) bond motifs is 1. The lowest BCUT2D eigenvalue weighted by Gasteiger charge is -2.36. The molecule has 2 unspecified atom stereocenters. The Hall–Kier alpha value is -2.90. The minimum atomic E-state index is -0.847. The van der Waals surface area contributed by atoms with E-state index < -0.39 is 17.6 Å². The van der Waals surface area contributed by atoms with Gasteiger partial charge in [0.15, 0.2) is 0 Å². The summed E-state index contributed by atoms with van der Waals surface area (Å²) in [5.41, 5.74) is 0.692. The highest BCUT2D eigenvalue weighted by Crippen LogP contribution is 2.33. The number of hydrogen-bond acceptors (Lipinski definition) is 4. The van der Waals surface area contributed by atoms with Crippen LogP contribution in [0.3, 0.4) is 0 Å². The maximum absolute atomic E-state index is 12.7. The number of aliphatic carboxylic acids is 1. The molecule has 1 aliphatic rings. The highest BCUT2D eigenvalue weighted by Gasteiger charge is 2.35. The fourth-order valence-electron chi connectivity index (χ4n) is 4.23. The molecule has 2 heterocycles. The normalized spacial score (nSPS) is 19.8. The first-order valence-electron chi connectivity index (χ1n) is 9.86. The molecule has 0 saturated carbocycles. The Morgan fingerprint density at radius 2 is 1.83 bits per heavy atom. The van der Waals surface area contributed by atoms with Gasteiger partial charge in [-0.1, -0.05) is 35.9 Å². The molecular weight excluding hydrogens is 406 g/mol. The summed E-state index contributed by atoms with van der Waals surface area (Å²) in [4.78, 5) is 41.7. The minimum absolute atomic E-state index is 0.0946. The van der Waals surface area contributed by atoms with E-state index in [1.165, 1.54) is 4.57 Å². The Morgan fingerprint density at radius 3 is 2.57 bits per heavy atom. The molecule has 8 heteroatoms. The van der Waals surface area contributed by atoms with Gasteiger partial charge in [0, 0.05) is 24.7 Å². The van der Waals surface area contributed by atoms with Crippen molar-refractivity contribution in [3.05, 3.63) is 80.0 Å². The molecule has 0 spiro atoms. The number of likely N-dealkylation sites (tertiary alicyclic amines) is 1. The van der Waals surface area contributed by atoms with Crippen molar-refractivity contribution in [2.24, 2.45) is 5.92 Å². The van der Waals surface area contributed by atoms with Crippen LogP contribution in [0.5, 0.6) is 0 Å². The average Bonchev–Trinajstić information content (AvgIpc) is 2.74. The van der Waals surface area contributed by atoms with Crippen LogP contribution in [-0.4, -0.2) is 45.2 Å². The molecule has 2 aromatic carbocycles. The summed E-state index contributed by atoms with van der Waals surface area (Å²) in [6.45, 7) is 1.69. The number of carboxylic acid groups (broad SMARTS) is 1. The highest BCUT2D eigenvalue weighted by atomic mass is 35.5. The monoisotopic (exact) mass is 427 g/mol. The van der Waals surface area contributed by atoms with E-state index >= 15 is 0 Å². The minimum Gasteiger partial charge on any atom is -0.481 e. The van der Waals surface area contributed by atoms with Crippen molar-refractivity contribution in [1.82, 2.24) is 14.5 Å². The first-order valence-corrected chi connectivity index (χ1v) is 10.2. The number of rotatable bonds is 5. The summed E-state index contributed by atoms with van der Waals surface area (Å²) in [6.07, 6.45) is 0.682. The Morgan fingerprint density at radius 1 is 1.10 bits per heavy atom. The number of aromatic amines is 1. The molecule has 7 nitrogen and oxygen atoms in total. The van der Waals surface area contributed by atoms with Crippen molar-refractivity contribution in [3.8, 4) is 0 Å². The molecule has 1 aliphatic heterocycles. The van der Waals surface area contributed by atoms with Crippen LogP contribution in [0, 0.1) is 5.92 Å². The maximum atomic E-state index is 12.7. The fraction of sp³-hybridized carbons (Fsp3) is 0.318. The van der Waals surface area contributed by atoms with Crippen molar-refractivity contribution < 1.29 is 9.90 Å². The number of carbonyl (C=O) groups is 1. The van der Waals surface area contributed by atoms with Gasteiger partial charge < -0.3 is 15.0 Å². The first-order chi connectivity index (χ1) is 14.4. The van der Waals surface area contributed by atoms with Crippen LogP contribution in [-0.2, 0) is 11.3 Å². The van der Waals surface area contributed by atoms with E-state index in [4.69, 9.17) is 11.6 Å². The zero-order valence-corrected chi connectivity index (χ0v) is 17.0. The summed E-state index contributed by atoms with van der Waals surface area (Å²) in [5.74, 6) is -1.50. The number of carboxylic acids is 1. The van der Waals surface area contributed by atoms with Crippen LogP contribution in [0.2, 0.25) is 5.02 Å². The van der Waals surface area contributed by atoms with Crippen LogP contribution in [0.25, 0.3) is 10.9 Å². The molecule has 2 N–H and O–H groups in total. The second kappa shape index (κ2) is 8.45. The molecule has 156 valence electrons. The first kappa shape index (κ1) is 20.4. The van der Waals surface area contributed by atoms with E-state index in [-0.39, 0.29) is 18.0 Å². The third-order valence-corrected chi connectivity index (χ3v) is 6.09. The average molecular weight is 428 g/mol. The summed E-state index contributed by atoms with van der Waals surface area (Å²) in [5, 5.41) is 10.9. The van der Waals surface area contributed by atoms with Crippen molar-refractivity contribution >= 4 is 28.5 Å². The quantitative estimate of drug-likeness (QED) is 0.652. The number of hydrogen-bond donors (Lipinski definition) is 2. The number of H-pyrrole nitrogens is 1. The van der Waals surface area contributed by atoms with Crippen molar-refractivity contribution in [2.45, 2.75) is 18.9 Å². The van der Waals surface area contributed by atoms with Crippen LogP contribution >= 0.6 is 11.6 Å². The molecule has 0 amide bonds. The van der Waals surface area contributed by atoms with Gasteiger partial charge >= 0.3 is 11.7 Å². The van der Waals surface area contributed by atoms with Gasteiger partial charge in [-0.15, -0.1) is 0 Å². The third kappa shape index (κ3) is 4.04. The molecule has 1 aromatic heterocycles. The van der Waals surface area contributed by atoms with Crippen LogP contribution in [0.4, 0.5) is 0 Å². The van der Waals surface area contributed by atoms with Crippen molar-refractivity contribution in [3.63, 3.8) is 0 Å². The van der Waals surface area contributed by atoms with E-state index in [1.54, 1.807) is 36.4 Å². The predicted molar refractivity (Wildman–Crippen MR) is 115 cm³/mol. The van der Waals surface area contributed by atoms with Gasteiger partial charge in [0.05, 0.1) is 16.8 Å². The molecule has 0 aliphatic carbocycles. The fourth-order valence-corrected chi connectivity index (χ4v) is 4.35. The second-order valence-corrected chi connectivity index (χ2v) is 8.06. The number of halogens is 1. The van der Waals surface area contributed by atoms with Crippen LogP contribution < -0.4 is 11.2 Å². The van der Waals surface area contributed by atoms with Crippen molar-refractivity contribution in [2.75, 3.05) is 19.6 Å². The SMILES string of the molecule is O=C(O)C1CN(CCn2c(=O)[nH]c3ccccc3c2=O)CCC1c1ccc(Cl)cc1. The second-order valence-electron chi connectivity index (χ2n) is 7.62. The highest BCUT2D eigenvalue weighted by molar-refractivity contribution is 6.30. The zero-order chi connectivity index (χ0) is 21.3. The number of nitrogens with one attached hydrogen (secondary N) is 1. The molecule has 2 atom stereocenters. The predicted octanol–water partition coefficient (Wildman–Crippen LogP) is 2.53. The van der Waals surface area contributed by atoms with Crippen LogP contribution in [0.1, 0.15) is 17.9 Å². The zero-order valence-electron chi connectivity index (χ0n) is 16.3. The Labute approximate surface area is 177 Å². The van der Waals surface area contributed by atoms with Gasteiger partial charge in [-0.3, -0.25) is 14.2 Å². The molecule has 1 fully saturated rings. The Kier molecular flexibility index (Phi) is 5.74. The molecule has 0 bridgehead atoms. The third-order valence-electron chi connectivity index (χ3n) is 5.84. The standard InChI is InChI=1S/C22H22ClN3O4/c23-15-7-5-14(6-8-15)16-9-10-25(13-18(16)21(28)29)11-12-26-20(27)17-3-1-2-4-19(17)24-22(26)30/h1-8,16,18H,9-13H2,(H,24,30)(H,28,29). The van der Waals surface area contributed by atoms with Gasteiger partial charge in [0.25, 0.3) is 5.56 Å². The summed E-state index contributed by atoms with van der Waals surface area (Å²) < 4.78 is 1.18. The molecule has 3 aromatic rings. The maximum Gasteiger partial charge on any atom is 0.328 e. The Balaban J connectivity index is 1.50. The summed E-state index contributed by atoms with van der Waals surface area (Å²) >= 11 is 5.95. The van der Waals surface area contributed by atoms with Crippen molar-refractivity contribution in [1.29, 1.82) is 0 Å². The number of benzene rings is 2. The lowest BCUT2D eigenvalue weighted by molar-refractivity contribution is -0.144. The van der Waals surface area contributed by atoms with E-state index in [2.05, 4.69) is 4.98 Å². The van der Waals surface area contributed by atoms with Gasteiger partial charge in [0.2, 0.25) is 0 Å². The Bertz CT molecular complexity index is 1190. The smallest absolute Gasteiger partial charge is 0.328 e. The number of aromatic nitrogens is 2. The summed E-state index contributed by atoms with van der Waals surface area (Å²) in [7, 11) is 0. The van der Waals surface area contributed by atoms with E-state index in [0.717, 1.165) is 5.56 Å². The van der Waals surface area contributed by atoms with E-state index in [1.807, 2.05) is 17.0 Å². The van der Waals surface area contributed by atoms with Gasteiger partial charge in [-0.25, -0.2) is 4.79 Å². The number of piperidine rings is 1.